The van der Waals surface area contributed by atoms with Crippen molar-refractivity contribution < 1.29 is 9.15 Å². The van der Waals surface area contributed by atoms with E-state index in [1.54, 1.807) is 13.4 Å². The number of anilines is 2. The Balaban J connectivity index is 1.92. The molecule has 0 amide bonds. The lowest BCUT2D eigenvalue weighted by atomic mass is 10.1. The minimum atomic E-state index is 0.305. The topological polar surface area (TPSA) is 60.4 Å². The molecule has 102 valence electrons. The number of ether oxygens (including phenoxy) is 1. The number of aryl methyl sites for hydroxylation is 1. The fraction of sp³-hybridized carbons (Fsp3) is 0.333. The van der Waals surface area contributed by atoms with Gasteiger partial charge in [0.1, 0.15) is 11.5 Å². The highest BCUT2D eigenvalue weighted by Crippen LogP contribution is 2.25. The summed E-state index contributed by atoms with van der Waals surface area (Å²) in [6, 6.07) is 9.83. The van der Waals surface area contributed by atoms with Gasteiger partial charge in [-0.1, -0.05) is 0 Å². The van der Waals surface area contributed by atoms with Crippen LogP contribution < -0.4 is 15.8 Å². The molecule has 0 saturated carbocycles. The van der Waals surface area contributed by atoms with Crippen molar-refractivity contribution in [3.05, 3.63) is 42.4 Å². The van der Waals surface area contributed by atoms with Crippen molar-refractivity contribution in [2.75, 3.05) is 18.2 Å². The van der Waals surface area contributed by atoms with Crippen molar-refractivity contribution in [1.29, 1.82) is 0 Å². The molecule has 0 aliphatic carbocycles. The van der Waals surface area contributed by atoms with Crippen LogP contribution in [0.2, 0.25) is 0 Å². The minimum absolute atomic E-state index is 0.305. The number of hydrogen-bond donors (Lipinski definition) is 2. The summed E-state index contributed by atoms with van der Waals surface area (Å²) in [5, 5.41) is 3.40. The fourth-order valence-corrected chi connectivity index (χ4v) is 1.94. The molecule has 1 unspecified atom stereocenters. The normalized spacial score (nSPS) is 12.1. The maximum Gasteiger partial charge on any atom is 0.121 e. The summed E-state index contributed by atoms with van der Waals surface area (Å²) in [4.78, 5) is 0. The van der Waals surface area contributed by atoms with Crippen molar-refractivity contribution in [2.24, 2.45) is 0 Å². The maximum atomic E-state index is 5.95. The lowest BCUT2D eigenvalue weighted by Crippen LogP contribution is -2.17. The molecule has 3 N–H and O–H groups in total. The summed E-state index contributed by atoms with van der Waals surface area (Å²) >= 11 is 0. The highest BCUT2D eigenvalue weighted by Gasteiger charge is 2.07. The molecule has 0 aliphatic heterocycles. The van der Waals surface area contributed by atoms with Crippen molar-refractivity contribution >= 4 is 11.4 Å². The number of hydrogen-bond acceptors (Lipinski definition) is 4. The quantitative estimate of drug-likeness (QED) is 0.782. The molecular weight excluding hydrogens is 240 g/mol. The highest BCUT2D eigenvalue weighted by atomic mass is 16.5. The van der Waals surface area contributed by atoms with Gasteiger partial charge < -0.3 is 20.2 Å². The predicted octanol–water partition coefficient (Wildman–Crippen LogP) is 3.30. The van der Waals surface area contributed by atoms with Crippen LogP contribution in [0.5, 0.6) is 5.75 Å². The second kappa shape index (κ2) is 6.18. The summed E-state index contributed by atoms with van der Waals surface area (Å²) in [7, 11) is 1.65. The largest absolute Gasteiger partial charge is 0.497 e. The van der Waals surface area contributed by atoms with Gasteiger partial charge in [0.2, 0.25) is 0 Å². The van der Waals surface area contributed by atoms with Gasteiger partial charge >= 0.3 is 0 Å². The molecule has 1 heterocycles. The van der Waals surface area contributed by atoms with E-state index < -0.39 is 0 Å². The predicted molar refractivity (Wildman–Crippen MR) is 77.5 cm³/mol. The Morgan fingerprint density at radius 3 is 2.89 bits per heavy atom. The third-order valence-corrected chi connectivity index (χ3v) is 3.07. The maximum absolute atomic E-state index is 5.95. The van der Waals surface area contributed by atoms with Crippen molar-refractivity contribution in [3.8, 4) is 5.75 Å². The Morgan fingerprint density at radius 2 is 2.21 bits per heavy atom. The van der Waals surface area contributed by atoms with Crippen LogP contribution in [0.3, 0.4) is 0 Å². The third kappa shape index (κ3) is 3.68. The lowest BCUT2D eigenvalue weighted by molar-refractivity contribution is 0.415. The number of rotatable bonds is 6. The minimum Gasteiger partial charge on any atom is -0.497 e. The van der Waals surface area contributed by atoms with Crippen LogP contribution in [-0.2, 0) is 6.42 Å². The molecule has 4 heteroatoms. The smallest absolute Gasteiger partial charge is 0.121 e. The molecule has 1 aromatic heterocycles. The average Bonchev–Trinajstić information content (AvgIpc) is 2.92. The molecular formula is C15H20N2O2. The number of benzene rings is 1. The Kier molecular flexibility index (Phi) is 4.34. The van der Waals surface area contributed by atoms with Gasteiger partial charge in [-0.2, -0.15) is 0 Å². The van der Waals surface area contributed by atoms with Crippen LogP contribution in [0.4, 0.5) is 11.4 Å². The number of nitrogens with two attached hydrogens (primary N) is 1. The molecule has 1 atom stereocenters. The fourth-order valence-electron chi connectivity index (χ4n) is 1.94. The van der Waals surface area contributed by atoms with E-state index in [0.29, 0.717) is 6.04 Å². The van der Waals surface area contributed by atoms with E-state index in [0.717, 1.165) is 35.7 Å². The highest BCUT2D eigenvalue weighted by molar-refractivity contribution is 5.68. The molecule has 2 rings (SSSR count). The zero-order valence-corrected chi connectivity index (χ0v) is 11.3. The molecule has 0 aliphatic rings. The molecule has 2 aromatic rings. The first-order chi connectivity index (χ1) is 9.19. The first kappa shape index (κ1) is 13.3. The number of methoxy groups -OCH3 is 1. The van der Waals surface area contributed by atoms with Gasteiger partial charge in [-0.25, -0.2) is 0 Å². The van der Waals surface area contributed by atoms with Crippen LogP contribution in [0.25, 0.3) is 0 Å². The standard InChI is InChI=1S/C15H20N2O2/c1-11(5-6-12-4-3-9-19-12)17-15-10-13(18-2)7-8-14(15)16/h3-4,7-11,17H,5-6,16H2,1-2H3. The Morgan fingerprint density at radius 1 is 1.37 bits per heavy atom. The van der Waals surface area contributed by atoms with E-state index in [4.69, 9.17) is 14.9 Å². The molecule has 1 aromatic carbocycles. The van der Waals surface area contributed by atoms with Crippen molar-refractivity contribution in [2.45, 2.75) is 25.8 Å². The molecule has 0 bridgehead atoms. The third-order valence-electron chi connectivity index (χ3n) is 3.07. The van der Waals surface area contributed by atoms with Gasteiger partial charge in [0.15, 0.2) is 0 Å². The van der Waals surface area contributed by atoms with E-state index >= 15 is 0 Å². The van der Waals surface area contributed by atoms with Crippen molar-refractivity contribution in [3.63, 3.8) is 0 Å². The zero-order valence-electron chi connectivity index (χ0n) is 11.3. The average molecular weight is 260 g/mol. The summed E-state index contributed by atoms with van der Waals surface area (Å²) in [6.45, 7) is 2.13. The van der Waals surface area contributed by atoms with Crippen LogP contribution in [0.1, 0.15) is 19.1 Å². The summed E-state index contributed by atoms with van der Waals surface area (Å²) in [6.07, 6.45) is 3.59. The van der Waals surface area contributed by atoms with Crippen LogP contribution >= 0.6 is 0 Å². The molecule has 0 spiro atoms. The Hall–Kier alpha value is -2.10. The summed E-state index contributed by atoms with van der Waals surface area (Å²) in [5.74, 6) is 1.81. The van der Waals surface area contributed by atoms with E-state index in [-0.39, 0.29) is 0 Å². The number of furan rings is 1. The van der Waals surface area contributed by atoms with Gasteiger partial charge in [0, 0.05) is 18.5 Å². The van der Waals surface area contributed by atoms with Crippen LogP contribution in [0, 0.1) is 0 Å². The Labute approximate surface area is 113 Å². The van der Waals surface area contributed by atoms with E-state index in [9.17, 15) is 0 Å². The SMILES string of the molecule is COc1ccc(N)c(NC(C)CCc2ccco2)c1. The van der Waals surface area contributed by atoms with Gasteiger partial charge in [0.05, 0.1) is 24.7 Å². The van der Waals surface area contributed by atoms with Gasteiger partial charge in [-0.15, -0.1) is 0 Å². The van der Waals surface area contributed by atoms with Crippen LogP contribution in [0.15, 0.2) is 41.0 Å². The first-order valence-corrected chi connectivity index (χ1v) is 6.41. The van der Waals surface area contributed by atoms with Gasteiger partial charge in [0.25, 0.3) is 0 Å². The van der Waals surface area contributed by atoms with E-state index in [2.05, 4.69) is 12.2 Å². The molecule has 0 saturated heterocycles. The van der Waals surface area contributed by atoms with Crippen LogP contribution in [-0.4, -0.2) is 13.2 Å². The second-order valence-electron chi connectivity index (χ2n) is 4.62. The molecule has 19 heavy (non-hydrogen) atoms. The molecule has 0 radical (unpaired) electrons. The lowest BCUT2D eigenvalue weighted by Gasteiger charge is -2.17. The number of nitrogen functional groups attached to an aromatic ring is 1. The van der Waals surface area contributed by atoms with Crippen molar-refractivity contribution in [1.82, 2.24) is 0 Å². The molecule has 0 fully saturated rings. The Bertz CT molecular complexity index is 509. The monoisotopic (exact) mass is 260 g/mol. The van der Waals surface area contributed by atoms with Gasteiger partial charge in [-0.05, 0) is 37.6 Å². The zero-order chi connectivity index (χ0) is 13.7. The van der Waals surface area contributed by atoms with Gasteiger partial charge in [-0.3, -0.25) is 0 Å². The molecule has 4 nitrogen and oxygen atoms in total. The van der Waals surface area contributed by atoms with E-state index in [1.807, 2.05) is 30.3 Å². The van der Waals surface area contributed by atoms with E-state index in [1.165, 1.54) is 0 Å². The second-order valence-corrected chi connectivity index (χ2v) is 4.62. The summed E-state index contributed by atoms with van der Waals surface area (Å²) in [5.41, 5.74) is 7.58. The summed E-state index contributed by atoms with van der Waals surface area (Å²) < 4.78 is 10.5. The first-order valence-electron chi connectivity index (χ1n) is 6.41. The number of nitrogens with one attached hydrogen (secondary N) is 1.